The van der Waals surface area contributed by atoms with E-state index in [1.165, 1.54) is 6.07 Å². The van der Waals surface area contributed by atoms with Gasteiger partial charge >= 0.3 is 0 Å². The maximum atomic E-state index is 13.5. The average Bonchev–Trinajstić information content (AvgIpc) is 2.16. The average molecular weight is 225 g/mol. The van der Waals surface area contributed by atoms with Crippen LogP contribution in [-0.4, -0.2) is 17.3 Å². The molecule has 0 saturated carbocycles. The van der Waals surface area contributed by atoms with Crippen LogP contribution in [0.5, 0.6) is 0 Å². The highest BCUT2D eigenvalue weighted by atomic mass is 19.1. The lowest BCUT2D eigenvalue weighted by molar-refractivity contribution is 0.0266. The van der Waals surface area contributed by atoms with Crippen LogP contribution in [0.25, 0.3) is 0 Å². The zero-order valence-electron chi connectivity index (χ0n) is 10.3. The second-order valence-corrected chi connectivity index (χ2v) is 4.85. The summed E-state index contributed by atoms with van der Waals surface area (Å²) in [6.45, 7) is 7.80. The monoisotopic (exact) mass is 225 g/mol. The summed E-state index contributed by atoms with van der Waals surface area (Å²) >= 11 is 0. The van der Waals surface area contributed by atoms with Crippen molar-refractivity contribution >= 4 is 5.69 Å². The van der Waals surface area contributed by atoms with Gasteiger partial charge in [-0.2, -0.15) is 0 Å². The van der Waals surface area contributed by atoms with Gasteiger partial charge < -0.3 is 10.4 Å². The van der Waals surface area contributed by atoms with Crippen LogP contribution < -0.4 is 5.32 Å². The summed E-state index contributed by atoms with van der Waals surface area (Å²) in [6.07, 6.45) is 0. The van der Waals surface area contributed by atoms with Crippen LogP contribution >= 0.6 is 0 Å². The Morgan fingerprint density at radius 3 is 2.56 bits per heavy atom. The van der Waals surface area contributed by atoms with E-state index >= 15 is 0 Å². The molecule has 16 heavy (non-hydrogen) atoms. The molecule has 1 rings (SSSR count). The molecule has 2 nitrogen and oxygen atoms in total. The van der Waals surface area contributed by atoms with Gasteiger partial charge in [-0.15, -0.1) is 0 Å². The van der Waals surface area contributed by atoms with Gasteiger partial charge in [-0.25, -0.2) is 4.39 Å². The summed E-state index contributed by atoms with van der Waals surface area (Å²) in [7, 11) is 0. The lowest BCUT2D eigenvalue weighted by Gasteiger charge is -2.28. The molecule has 2 N–H and O–H groups in total. The fourth-order valence-corrected chi connectivity index (χ4v) is 1.24. The van der Waals surface area contributed by atoms with Gasteiger partial charge in [-0.05, 0) is 37.5 Å². The third kappa shape index (κ3) is 3.20. The van der Waals surface area contributed by atoms with E-state index < -0.39 is 5.60 Å². The number of halogens is 1. The second-order valence-electron chi connectivity index (χ2n) is 4.85. The molecule has 0 bridgehead atoms. The molecule has 0 aliphatic heterocycles. The Kier molecular flexibility index (Phi) is 3.92. The highest BCUT2D eigenvalue weighted by molar-refractivity contribution is 5.46. The van der Waals surface area contributed by atoms with Crippen molar-refractivity contribution < 1.29 is 9.50 Å². The molecule has 1 aromatic rings. The molecule has 0 heterocycles. The van der Waals surface area contributed by atoms with E-state index in [1.807, 2.05) is 26.8 Å². The van der Waals surface area contributed by atoms with Crippen LogP contribution in [0, 0.1) is 18.7 Å². The highest BCUT2D eigenvalue weighted by Gasteiger charge is 2.24. The van der Waals surface area contributed by atoms with Crippen molar-refractivity contribution in [3.63, 3.8) is 0 Å². The summed E-state index contributed by atoms with van der Waals surface area (Å²) in [6, 6.07) is 5.02. The third-order valence-corrected chi connectivity index (χ3v) is 3.01. The number of aliphatic hydroxyl groups is 1. The van der Waals surface area contributed by atoms with E-state index in [9.17, 15) is 9.50 Å². The van der Waals surface area contributed by atoms with Crippen molar-refractivity contribution in [1.29, 1.82) is 0 Å². The normalized spacial score (nSPS) is 14.9. The van der Waals surface area contributed by atoms with Crippen LogP contribution in [0.2, 0.25) is 0 Å². The van der Waals surface area contributed by atoms with Gasteiger partial charge in [-0.1, -0.05) is 19.9 Å². The van der Waals surface area contributed by atoms with E-state index in [0.717, 1.165) is 5.56 Å². The van der Waals surface area contributed by atoms with Crippen LogP contribution in [-0.2, 0) is 0 Å². The Bertz CT molecular complexity index is 361. The van der Waals surface area contributed by atoms with Gasteiger partial charge in [0.2, 0.25) is 0 Å². The number of aryl methyl sites for hydroxylation is 1. The molecular formula is C13H20FNO. The van der Waals surface area contributed by atoms with Crippen molar-refractivity contribution in [2.45, 2.75) is 33.3 Å². The molecular weight excluding hydrogens is 205 g/mol. The number of hydrogen-bond donors (Lipinski definition) is 2. The zero-order valence-corrected chi connectivity index (χ0v) is 10.3. The number of anilines is 1. The molecule has 3 heteroatoms. The van der Waals surface area contributed by atoms with E-state index in [1.54, 1.807) is 13.0 Å². The predicted octanol–water partition coefficient (Wildman–Crippen LogP) is 2.95. The van der Waals surface area contributed by atoms with Gasteiger partial charge in [0.15, 0.2) is 0 Å². The van der Waals surface area contributed by atoms with Crippen molar-refractivity contribution in [2.24, 2.45) is 5.92 Å². The molecule has 0 fully saturated rings. The number of hydrogen-bond acceptors (Lipinski definition) is 2. The third-order valence-electron chi connectivity index (χ3n) is 3.01. The fraction of sp³-hybridized carbons (Fsp3) is 0.538. The van der Waals surface area contributed by atoms with Gasteiger partial charge in [0, 0.05) is 6.54 Å². The lowest BCUT2D eigenvalue weighted by Crippen LogP contribution is -2.38. The largest absolute Gasteiger partial charge is 0.388 e. The Balaban J connectivity index is 2.68. The molecule has 1 aromatic carbocycles. The first kappa shape index (κ1) is 13.0. The van der Waals surface area contributed by atoms with Crippen LogP contribution in [0.4, 0.5) is 10.1 Å². The van der Waals surface area contributed by atoms with Gasteiger partial charge in [0.05, 0.1) is 11.3 Å². The molecule has 0 aliphatic rings. The van der Waals surface area contributed by atoms with Gasteiger partial charge in [-0.3, -0.25) is 0 Å². The van der Waals surface area contributed by atoms with Crippen molar-refractivity contribution in [3.8, 4) is 0 Å². The van der Waals surface area contributed by atoms with E-state index in [4.69, 9.17) is 0 Å². The van der Waals surface area contributed by atoms with Crippen molar-refractivity contribution in [1.82, 2.24) is 0 Å². The van der Waals surface area contributed by atoms with Gasteiger partial charge in [0.25, 0.3) is 0 Å². The standard InChI is InChI=1S/C13H20FNO/c1-9(2)13(4,16)8-15-12-6-5-10(3)7-11(12)14/h5-7,9,15-16H,8H2,1-4H3. The molecule has 1 unspecified atom stereocenters. The molecule has 0 spiro atoms. The first-order valence-corrected chi connectivity index (χ1v) is 5.55. The van der Waals surface area contributed by atoms with E-state index in [-0.39, 0.29) is 11.7 Å². The maximum absolute atomic E-state index is 13.5. The predicted molar refractivity (Wildman–Crippen MR) is 65.1 cm³/mol. The maximum Gasteiger partial charge on any atom is 0.146 e. The minimum absolute atomic E-state index is 0.119. The number of rotatable bonds is 4. The quantitative estimate of drug-likeness (QED) is 0.825. The first-order chi connectivity index (χ1) is 7.33. The molecule has 0 amide bonds. The Hall–Kier alpha value is -1.09. The molecule has 90 valence electrons. The van der Waals surface area contributed by atoms with Crippen molar-refractivity contribution in [2.75, 3.05) is 11.9 Å². The van der Waals surface area contributed by atoms with Crippen LogP contribution in [0.3, 0.4) is 0 Å². The smallest absolute Gasteiger partial charge is 0.146 e. The van der Waals surface area contributed by atoms with E-state index in [2.05, 4.69) is 5.32 Å². The molecule has 0 saturated heterocycles. The second kappa shape index (κ2) is 4.83. The Morgan fingerprint density at radius 1 is 1.44 bits per heavy atom. The minimum Gasteiger partial charge on any atom is -0.388 e. The minimum atomic E-state index is -0.836. The van der Waals surface area contributed by atoms with Crippen LogP contribution in [0.15, 0.2) is 18.2 Å². The molecule has 1 atom stereocenters. The van der Waals surface area contributed by atoms with Crippen LogP contribution in [0.1, 0.15) is 26.3 Å². The fourth-order valence-electron chi connectivity index (χ4n) is 1.24. The summed E-state index contributed by atoms with van der Waals surface area (Å²) in [5.74, 6) is -0.159. The zero-order chi connectivity index (χ0) is 12.3. The molecule has 0 radical (unpaired) electrons. The summed E-state index contributed by atoms with van der Waals surface area (Å²) in [4.78, 5) is 0. The summed E-state index contributed by atoms with van der Waals surface area (Å²) < 4.78 is 13.5. The SMILES string of the molecule is Cc1ccc(NCC(C)(O)C(C)C)c(F)c1. The van der Waals surface area contributed by atoms with E-state index in [0.29, 0.717) is 12.2 Å². The molecule has 0 aliphatic carbocycles. The number of benzene rings is 1. The Labute approximate surface area is 96.5 Å². The van der Waals surface area contributed by atoms with Gasteiger partial charge in [0.1, 0.15) is 5.82 Å². The summed E-state index contributed by atoms with van der Waals surface area (Å²) in [5, 5.41) is 13.0. The highest BCUT2D eigenvalue weighted by Crippen LogP contribution is 2.20. The first-order valence-electron chi connectivity index (χ1n) is 5.55. The lowest BCUT2D eigenvalue weighted by atomic mass is 9.92. The number of nitrogens with one attached hydrogen (secondary N) is 1. The summed E-state index contributed by atoms with van der Waals surface area (Å²) in [5.41, 5.74) is 0.488. The topological polar surface area (TPSA) is 32.3 Å². The Morgan fingerprint density at radius 2 is 2.06 bits per heavy atom. The molecule has 0 aromatic heterocycles. The van der Waals surface area contributed by atoms with Crippen molar-refractivity contribution in [3.05, 3.63) is 29.6 Å².